The zero-order chi connectivity index (χ0) is 22.8. The highest BCUT2D eigenvalue weighted by molar-refractivity contribution is 7.10. The molecule has 170 valence electrons. The summed E-state index contributed by atoms with van der Waals surface area (Å²) in [6, 6.07) is 12.0. The van der Waals surface area contributed by atoms with Crippen molar-refractivity contribution in [3.63, 3.8) is 0 Å². The molecule has 0 bridgehead atoms. The first-order valence-electron chi connectivity index (χ1n) is 11.8. The summed E-state index contributed by atoms with van der Waals surface area (Å²) in [5.74, 6) is -0.669. The lowest BCUT2D eigenvalue weighted by Gasteiger charge is -2.23. The number of hydrogen-bond donors (Lipinski definition) is 1. The second-order valence-corrected chi connectivity index (χ2v) is 9.89. The number of fused-ring (bicyclic) bond motifs is 2. The zero-order valence-corrected chi connectivity index (χ0v) is 19.6. The number of allylic oxidation sites excluding steroid dienone is 1. The third-order valence-corrected chi connectivity index (χ3v) is 7.41. The van der Waals surface area contributed by atoms with Gasteiger partial charge >= 0.3 is 5.97 Å². The molecule has 1 amide bonds. The third kappa shape index (κ3) is 4.58. The van der Waals surface area contributed by atoms with Gasteiger partial charge in [0.25, 0.3) is 5.91 Å². The molecule has 5 rings (SSSR count). The molecular weight excluding hydrogens is 432 g/mol. The average Bonchev–Trinajstić information content (AvgIpc) is 3.52. The molecule has 2 aliphatic rings. The maximum atomic E-state index is 13.5. The van der Waals surface area contributed by atoms with Gasteiger partial charge in [-0.25, -0.2) is 9.78 Å². The van der Waals surface area contributed by atoms with Crippen molar-refractivity contribution in [1.29, 1.82) is 0 Å². The molecule has 2 aromatic heterocycles. The number of carbonyl (C=O) groups excluding carboxylic acids is 2. The van der Waals surface area contributed by atoms with Crippen LogP contribution >= 0.6 is 11.3 Å². The Labute approximate surface area is 197 Å². The number of rotatable bonds is 5. The van der Waals surface area contributed by atoms with Gasteiger partial charge in [0.1, 0.15) is 0 Å². The van der Waals surface area contributed by atoms with Crippen LogP contribution in [0.1, 0.15) is 71.9 Å². The molecule has 6 heteroatoms. The molecule has 33 heavy (non-hydrogen) atoms. The summed E-state index contributed by atoms with van der Waals surface area (Å²) in [6.45, 7) is 1.65. The van der Waals surface area contributed by atoms with Gasteiger partial charge in [-0.2, -0.15) is 0 Å². The number of aromatic nitrogens is 1. The predicted molar refractivity (Wildman–Crippen MR) is 132 cm³/mol. The number of hydrogen-bond acceptors (Lipinski definition) is 5. The maximum Gasteiger partial charge on any atom is 0.339 e. The number of amides is 1. The second kappa shape index (κ2) is 9.48. The molecule has 0 spiro atoms. The molecule has 2 aliphatic carbocycles. The van der Waals surface area contributed by atoms with Gasteiger partial charge in [-0.3, -0.25) is 4.79 Å². The zero-order valence-electron chi connectivity index (χ0n) is 18.8. The van der Waals surface area contributed by atoms with Crippen LogP contribution in [0.15, 0.2) is 41.8 Å². The van der Waals surface area contributed by atoms with E-state index in [1.165, 1.54) is 4.88 Å². The number of thiophene rings is 1. The highest BCUT2D eigenvalue weighted by atomic mass is 32.1. The van der Waals surface area contributed by atoms with Gasteiger partial charge in [-0.1, -0.05) is 37.1 Å². The summed E-state index contributed by atoms with van der Waals surface area (Å²) in [6.07, 6.45) is 8.23. The summed E-state index contributed by atoms with van der Waals surface area (Å²) >= 11 is 1.69. The highest BCUT2D eigenvalue weighted by Crippen LogP contribution is 2.37. The Morgan fingerprint density at radius 3 is 2.73 bits per heavy atom. The molecule has 0 aliphatic heterocycles. The van der Waals surface area contributed by atoms with Crippen LogP contribution in [0, 0.1) is 0 Å². The van der Waals surface area contributed by atoms with E-state index in [9.17, 15) is 9.59 Å². The van der Waals surface area contributed by atoms with E-state index in [2.05, 4.69) is 22.8 Å². The number of nitrogens with one attached hydrogen (secondary N) is 1. The molecule has 1 atom stereocenters. The topological polar surface area (TPSA) is 68.3 Å². The fraction of sp³-hybridized carbons (Fsp3) is 0.370. The Morgan fingerprint density at radius 2 is 1.94 bits per heavy atom. The van der Waals surface area contributed by atoms with Crippen LogP contribution in [-0.2, 0) is 16.0 Å². The molecule has 2 heterocycles. The highest BCUT2D eigenvalue weighted by Gasteiger charge is 2.29. The number of esters is 1. The van der Waals surface area contributed by atoms with E-state index >= 15 is 0 Å². The van der Waals surface area contributed by atoms with Crippen LogP contribution < -0.4 is 5.32 Å². The molecule has 1 N–H and O–H groups in total. The van der Waals surface area contributed by atoms with Crippen molar-refractivity contribution >= 4 is 45.8 Å². The van der Waals surface area contributed by atoms with E-state index in [0.29, 0.717) is 5.56 Å². The molecule has 0 radical (unpaired) electrons. The molecule has 3 aromatic rings. The SMILES string of the molecule is CC(OC(=O)c1c2c(nc3ccccc13)C(=Cc1cccs1)CCC2)C(=O)NC1CCCC1. The van der Waals surface area contributed by atoms with Crippen LogP contribution in [0.25, 0.3) is 22.6 Å². The fourth-order valence-electron chi connectivity index (χ4n) is 4.91. The van der Waals surface area contributed by atoms with E-state index in [-0.39, 0.29) is 11.9 Å². The number of nitrogens with zero attached hydrogens (tertiary/aromatic N) is 1. The maximum absolute atomic E-state index is 13.5. The van der Waals surface area contributed by atoms with E-state index in [1.807, 2.05) is 30.3 Å². The fourth-order valence-corrected chi connectivity index (χ4v) is 5.60. The monoisotopic (exact) mass is 460 g/mol. The molecule has 1 fully saturated rings. The Hall–Kier alpha value is -2.99. The normalized spacial score (nSPS) is 18.3. The van der Waals surface area contributed by atoms with Crippen LogP contribution in [-0.4, -0.2) is 29.0 Å². The van der Waals surface area contributed by atoms with Crippen LogP contribution in [0.2, 0.25) is 0 Å². The summed E-state index contributed by atoms with van der Waals surface area (Å²) in [5.41, 5.74) is 4.27. The van der Waals surface area contributed by atoms with E-state index in [0.717, 1.165) is 72.7 Å². The van der Waals surface area contributed by atoms with Gasteiger partial charge in [0.15, 0.2) is 6.10 Å². The van der Waals surface area contributed by atoms with Gasteiger partial charge in [0.2, 0.25) is 0 Å². The first-order valence-corrected chi connectivity index (χ1v) is 12.7. The molecule has 1 saturated carbocycles. The van der Waals surface area contributed by atoms with E-state index < -0.39 is 12.1 Å². The van der Waals surface area contributed by atoms with Crippen molar-refractivity contribution < 1.29 is 14.3 Å². The van der Waals surface area contributed by atoms with Crippen LogP contribution in [0.5, 0.6) is 0 Å². The number of carbonyl (C=O) groups is 2. The van der Waals surface area contributed by atoms with Gasteiger partial charge in [-0.15, -0.1) is 11.3 Å². The number of pyridine rings is 1. The number of benzene rings is 1. The predicted octanol–water partition coefficient (Wildman–Crippen LogP) is 5.78. The third-order valence-electron chi connectivity index (χ3n) is 6.59. The quantitative estimate of drug-likeness (QED) is 0.490. The first kappa shape index (κ1) is 21.8. The minimum Gasteiger partial charge on any atom is -0.449 e. The Bertz CT molecular complexity index is 1210. The molecule has 1 aromatic carbocycles. The van der Waals surface area contributed by atoms with Crippen molar-refractivity contribution in [2.45, 2.75) is 64.0 Å². The van der Waals surface area contributed by atoms with Crippen LogP contribution in [0.4, 0.5) is 0 Å². The van der Waals surface area contributed by atoms with Crippen molar-refractivity contribution in [3.8, 4) is 0 Å². The minimum atomic E-state index is -0.842. The van der Waals surface area contributed by atoms with E-state index in [4.69, 9.17) is 9.72 Å². The average molecular weight is 461 g/mol. The van der Waals surface area contributed by atoms with Gasteiger partial charge in [-0.05, 0) is 73.8 Å². The summed E-state index contributed by atoms with van der Waals surface area (Å²) in [4.78, 5) is 32.2. The lowest BCUT2D eigenvalue weighted by molar-refractivity contribution is -0.129. The van der Waals surface area contributed by atoms with Gasteiger partial charge in [0.05, 0.1) is 16.8 Å². The largest absolute Gasteiger partial charge is 0.449 e. The number of ether oxygens (including phenoxy) is 1. The molecule has 1 unspecified atom stereocenters. The van der Waals surface area contributed by atoms with Gasteiger partial charge < -0.3 is 10.1 Å². The molecule has 5 nitrogen and oxygen atoms in total. The number of para-hydroxylation sites is 1. The van der Waals surface area contributed by atoms with Crippen molar-refractivity contribution in [1.82, 2.24) is 10.3 Å². The summed E-state index contributed by atoms with van der Waals surface area (Å²) in [7, 11) is 0. The Morgan fingerprint density at radius 1 is 1.12 bits per heavy atom. The standard InChI is InChI=1S/C27H28N2O3S/c1-17(26(30)28-19-9-2-3-10-19)32-27(31)24-21-12-4-5-14-23(21)29-25-18(8-6-13-22(24)25)16-20-11-7-15-33-20/h4-5,7,11-12,14-17,19H,2-3,6,8-10,13H2,1H3,(H,28,30). The lowest BCUT2D eigenvalue weighted by Crippen LogP contribution is -2.41. The van der Waals surface area contributed by atoms with Crippen molar-refractivity contribution in [2.75, 3.05) is 0 Å². The van der Waals surface area contributed by atoms with Crippen molar-refractivity contribution in [2.24, 2.45) is 0 Å². The lowest BCUT2D eigenvalue weighted by atomic mass is 9.86. The van der Waals surface area contributed by atoms with Gasteiger partial charge in [0, 0.05) is 16.3 Å². The second-order valence-electron chi connectivity index (χ2n) is 8.91. The van der Waals surface area contributed by atoms with Crippen LogP contribution in [0.3, 0.4) is 0 Å². The summed E-state index contributed by atoms with van der Waals surface area (Å²) in [5, 5.41) is 5.87. The van der Waals surface area contributed by atoms with Crippen molar-refractivity contribution in [3.05, 3.63) is 63.5 Å². The molecule has 0 saturated heterocycles. The smallest absolute Gasteiger partial charge is 0.339 e. The molecular formula is C27H28N2O3S. The minimum absolute atomic E-state index is 0.193. The summed E-state index contributed by atoms with van der Waals surface area (Å²) < 4.78 is 5.73. The first-order chi connectivity index (χ1) is 16.1. The Balaban J connectivity index is 1.49. The van der Waals surface area contributed by atoms with E-state index in [1.54, 1.807) is 18.3 Å². The Kier molecular flexibility index (Phi) is 6.27.